The normalized spacial score (nSPS) is 15.8. The van der Waals surface area contributed by atoms with E-state index in [1.165, 1.54) is 22.3 Å². The van der Waals surface area contributed by atoms with Crippen LogP contribution in [0, 0.1) is 13.8 Å². The fourth-order valence-corrected chi connectivity index (χ4v) is 2.79. The molecule has 2 aromatic carbocycles. The highest BCUT2D eigenvalue weighted by Gasteiger charge is 2.22. The van der Waals surface area contributed by atoms with Gasteiger partial charge in [-0.2, -0.15) is 0 Å². The highest BCUT2D eigenvalue weighted by molar-refractivity contribution is 5.66. The Balaban J connectivity index is 2.07. The van der Waals surface area contributed by atoms with Gasteiger partial charge in [0.25, 0.3) is 0 Å². The highest BCUT2D eigenvalue weighted by Crippen LogP contribution is 2.30. The smallest absolute Gasteiger partial charge is 0.0788 e. The minimum atomic E-state index is -0.463. The van der Waals surface area contributed by atoms with Crippen LogP contribution in [0.4, 0.5) is 0 Å². The zero-order valence-corrected chi connectivity index (χ0v) is 11.9. The molecule has 0 saturated heterocycles. The molecule has 1 heteroatoms. The maximum Gasteiger partial charge on any atom is 0.0788 e. The van der Waals surface area contributed by atoms with Gasteiger partial charge in [0.15, 0.2) is 0 Å². The van der Waals surface area contributed by atoms with Crippen molar-refractivity contribution in [3.05, 3.63) is 83.5 Å². The van der Waals surface area contributed by atoms with Crippen LogP contribution in [0.3, 0.4) is 0 Å². The molecule has 0 aromatic heterocycles. The second-order valence-electron chi connectivity index (χ2n) is 5.61. The van der Waals surface area contributed by atoms with Crippen molar-refractivity contribution in [2.24, 2.45) is 5.73 Å². The average molecular weight is 261 g/mol. The van der Waals surface area contributed by atoms with Gasteiger partial charge in [-0.05, 0) is 36.6 Å². The largest absolute Gasteiger partial charge is 0.315 e. The van der Waals surface area contributed by atoms with Crippen LogP contribution >= 0.6 is 0 Å². The van der Waals surface area contributed by atoms with Gasteiger partial charge < -0.3 is 5.73 Å². The van der Waals surface area contributed by atoms with Crippen LogP contribution in [0.15, 0.2) is 66.8 Å². The van der Waals surface area contributed by atoms with Gasteiger partial charge in [0, 0.05) is 0 Å². The summed E-state index contributed by atoms with van der Waals surface area (Å²) in [5, 5.41) is 0. The summed E-state index contributed by atoms with van der Waals surface area (Å²) in [6, 6.07) is 15.1. The van der Waals surface area contributed by atoms with Gasteiger partial charge in [-0.25, -0.2) is 0 Å². The average Bonchev–Trinajstić information content (AvgIpc) is 2.86. The third-order valence-electron chi connectivity index (χ3n) is 3.77. The molecule has 0 fully saturated rings. The molecule has 0 bridgehead atoms. The zero-order valence-electron chi connectivity index (χ0n) is 11.9. The molecular weight excluding hydrogens is 242 g/mol. The number of hydrogen-bond donors (Lipinski definition) is 1. The summed E-state index contributed by atoms with van der Waals surface area (Å²) in [7, 11) is 0. The van der Waals surface area contributed by atoms with Crippen LogP contribution in [0.1, 0.15) is 16.7 Å². The molecule has 0 saturated carbocycles. The van der Waals surface area contributed by atoms with Crippen LogP contribution in [0.2, 0.25) is 0 Å². The topological polar surface area (TPSA) is 26.0 Å². The fourth-order valence-electron chi connectivity index (χ4n) is 2.79. The molecule has 1 nitrogen and oxygen atoms in total. The fraction of sp³-hybridized carbons (Fsp3) is 0.158. The van der Waals surface area contributed by atoms with Gasteiger partial charge in [0.1, 0.15) is 0 Å². The minimum Gasteiger partial charge on any atom is -0.315 e. The Bertz CT molecular complexity index is 675. The molecule has 100 valence electrons. The van der Waals surface area contributed by atoms with Crippen molar-refractivity contribution in [2.75, 3.05) is 0 Å². The highest BCUT2D eigenvalue weighted by atomic mass is 14.7. The molecule has 20 heavy (non-hydrogen) atoms. The van der Waals surface area contributed by atoms with Gasteiger partial charge in [-0.15, -0.1) is 0 Å². The van der Waals surface area contributed by atoms with Crippen molar-refractivity contribution >= 4 is 0 Å². The molecule has 0 heterocycles. The van der Waals surface area contributed by atoms with Crippen molar-refractivity contribution in [1.82, 2.24) is 0 Å². The predicted molar refractivity (Wildman–Crippen MR) is 85.5 cm³/mol. The molecule has 3 rings (SSSR count). The van der Waals surface area contributed by atoms with E-state index in [2.05, 4.69) is 56.3 Å². The lowest BCUT2D eigenvalue weighted by molar-refractivity contribution is 0.724. The molecule has 1 aliphatic carbocycles. The lowest BCUT2D eigenvalue weighted by atomic mass is 9.90. The summed E-state index contributed by atoms with van der Waals surface area (Å²) in [6.07, 6.45) is 8.08. The Morgan fingerprint density at radius 1 is 0.800 bits per heavy atom. The Morgan fingerprint density at radius 3 is 2.10 bits per heavy atom. The lowest BCUT2D eigenvalue weighted by Gasteiger charge is -2.21. The van der Waals surface area contributed by atoms with Gasteiger partial charge in [-0.3, -0.25) is 0 Å². The first kappa shape index (κ1) is 12.9. The minimum absolute atomic E-state index is 0.463. The third kappa shape index (κ3) is 2.33. The summed E-state index contributed by atoms with van der Waals surface area (Å²) in [4.78, 5) is 0. The summed E-state index contributed by atoms with van der Waals surface area (Å²) >= 11 is 0. The molecule has 1 aliphatic rings. The number of benzene rings is 2. The van der Waals surface area contributed by atoms with E-state index in [1.807, 2.05) is 24.3 Å². The number of rotatable bonds is 2. The Kier molecular flexibility index (Phi) is 3.07. The first-order valence-electron chi connectivity index (χ1n) is 6.92. The maximum absolute atomic E-state index is 6.41. The Morgan fingerprint density at radius 2 is 1.45 bits per heavy atom. The molecule has 0 aliphatic heterocycles. The van der Waals surface area contributed by atoms with E-state index in [0.29, 0.717) is 0 Å². The van der Waals surface area contributed by atoms with E-state index < -0.39 is 5.54 Å². The van der Waals surface area contributed by atoms with Crippen LogP contribution in [0.5, 0.6) is 0 Å². The van der Waals surface area contributed by atoms with Crippen molar-refractivity contribution in [3.8, 4) is 11.1 Å². The van der Waals surface area contributed by atoms with Gasteiger partial charge in [0.05, 0.1) is 5.54 Å². The van der Waals surface area contributed by atoms with E-state index in [4.69, 9.17) is 5.73 Å². The van der Waals surface area contributed by atoms with E-state index >= 15 is 0 Å². The van der Waals surface area contributed by atoms with E-state index in [-0.39, 0.29) is 0 Å². The first-order chi connectivity index (χ1) is 9.57. The van der Waals surface area contributed by atoms with Gasteiger partial charge in [0.2, 0.25) is 0 Å². The molecule has 2 N–H and O–H groups in total. The van der Waals surface area contributed by atoms with E-state index in [9.17, 15) is 0 Å². The van der Waals surface area contributed by atoms with Crippen LogP contribution in [-0.4, -0.2) is 0 Å². The van der Waals surface area contributed by atoms with Crippen molar-refractivity contribution < 1.29 is 0 Å². The number of nitrogens with two attached hydrogens (primary N) is 1. The monoisotopic (exact) mass is 261 g/mol. The molecule has 0 radical (unpaired) electrons. The molecule has 2 aromatic rings. The molecule has 0 atom stereocenters. The Labute approximate surface area is 120 Å². The maximum atomic E-state index is 6.41. The standard InChI is InChI=1S/C19H19N/c1-14-10-15(2)12-17(11-14)16-6-5-7-18(13-16)19(20)8-3-4-9-19/h3-13H,20H2,1-2H3. The predicted octanol–water partition coefficient (Wildman–Crippen LogP) is 4.25. The van der Waals surface area contributed by atoms with Crippen LogP contribution in [-0.2, 0) is 5.54 Å². The zero-order chi connectivity index (χ0) is 14.2. The molecular formula is C19H19N. The van der Waals surface area contributed by atoms with Crippen LogP contribution < -0.4 is 5.73 Å². The number of allylic oxidation sites excluding steroid dienone is 2. The summed E-state index contributed by atoms with van der Waals surface area (Å²) in [5.74, 6) is 0. The van der Waals surface area contributed by atoms with Crippen molar-refractivity contribution in [2.45, 2.75) is 19.4 Å². The quantitative estimate of drug-likeness (QED) is 0.859. The summed E-state index contributed by atoms with van der Waals surface area (Å²) < 4.78 is 0. The van der Waals surface area contributed by atoms with E-state index in [0.717, 1.165) is 5.56 Å². The second kappa shape index (κ2) is 4.77. The summed E-state index contributed by atoms with van der Waals surface area (Å²) in [5.41, 5.74) is 12.1. The number of aryl methyl sites for hydroxylation is 2. The second-order valence-corrected chi connectivity index (χ2v) is 5.61. The number of hydrogen-bond acceptors (Lipinski definition) is 1. The van der Waals surface area contributed by atoms with E-state index in [1.54, 1.807) is 0 Å². The van der Waals surface area contributed by atoms with Gasteiger partial charge >= 0.3 is 0 Å². The van der Waals surface area contributed by atoms with Gasteiger partial charge in [-0.1, -0.05) is 71.8 Å². The molecule has 0 amide bonds. The summed E-state index contributed by atoms with van der Waals surface area (Å²) in [6.45, 7) is 4.26. The lowest BCUT2D eigenvalue weighted by Crippen LogP contribution is -2.30. The molecule has 0 unspecified atom stereocenters. The van der Waals surface area contributed by atoms with Crippen molar-refractivity contribution in [3.63, 3.8) is 0 Å². The molecule has 0 spiro atoms. The SMILES string of the molecule is Cc1cc(C)cc(-c2cccc(C3(N)C=CC=C3)c2)c1. The first-order valence-corrected chi connectivity index (χ1v) is 6.92. The van der Waals surface area contributed by atoms with Crippen molar-refractivity contribution in [1.29, 1.82) is 0 Å². The third-order valence-corrected chi connectivity index (χ3v) is 3.77. The van der Waals surface area contributed by atoms with Crippen LogP contribution in [0.25, 0.3) is 11.1 Å². The Hall–Kier alpha value is -2.12.